The van der Waals surface area contributed by atoms with E-state index in [0.717, 1.165) is 12.2 Å². The van der Waals surface area contributed by atoms with E-state index in [4.69, 9.17) is 4.74 Å². The van der Waals surface area contributed by atoms with E-state index in [1.165, 1.54) is 19.3 Å². The third kappa shape index (κ3) is 2.26. The zero-order valence-electron chi connectivity index (χ0n) is 6.31. The first kappa shape index (κ1) is 7.39. The molecule has 1 rings (SSSR count). The van der Waals surface area contributed by atoms with Crippen LogP contribution in [0.1, 0.15) is 25.7 Å². The molecule has 0 N–H and O–H groups in total. The normalized spacial score (nSPS) is 17.8. The zero-order chi connectivity index (χ0) is 7.23. The Balaban J connectivity index is 2.24. The van der Waals surface area contributed by atoms with E-state index in [1.54, 1.807) is 6.08 Å². The van der Waals surface area contributed by atoms with E-state index in [1.807, 2.05) is 0 Å². The molecule has 1 nitrogen and oxygen atoms in total. The van der Waals surface area contributed by atoms with E-state index >= 15 is 0 Å². The van der Waals surface area contributed by atoms with Crippen molar-refractivity contribution >= 4 is 0 Å². The summed E-state index contributed by atoms with van der Waals surface area (Å²) in [6, 6.07) is 0. The largest absolute Gasteiger partial charge is 0.494 e. The van der Waals surface area contributed by atoms with Gasteiger partial charge in [0.2, 0.25) is 0 Å². The van der Waals surface area contributed by atoms with Crippen molar-refractivity contribution in [3.8, 4) is 0 Å². The SMILES string of the molecule is C=CCOC1=CCCCC1. The lowest BCUT2D eigenvalue weighted by atomic mass is 10.1. The van der Waals surface area contributed by atoms with Crippen molar-refractivity contribution in [1.82, 2.24) is 0 Å². The van der Waals surface area contributed by atoms with Crippen LogP contribution in [-0.4, -0.2) is 6.61 Å². The molecule has 1 aliphatic carbocycles. The summed E-state index contributed by atoms with van der Waals surface area (Å²) in [6.45, 7) is 4.25. The molecular formula is C9H14O. The molecular weight excluding hydrogens is 124 g/mol. The maximum atomic E-state index is 5.38. The van der Waals surface area contributed by atoms with Gasteiger partial charge in [0.1, 0.15) is 6.61 Å². The lowest BCUT2D eigenvalue weighted by Crippen LogP contribution is -1.96. The molecule has 0 spiro atoms. The van der Waals surface area contributed by atoms with Gasteiger partial charge in [-0.1, -0.05) is 12.7 Å². The second-order valence-corrected chi connectivity index (χ2v) is 2.52. The molecule has 0 aromatic carbocycles. The van der Waals surface area contributed by atoms with Gasteiger partial charge in [0.25, 0.3) is 0 Å². The Bertz CT molecular complexity index is 136. The summed E-state index contributed by atoms with van der Waals surface area (Å²) in [6.07, 6.45) is 8.88. The molecule has 0 heterocycles. The minimum absolute atomic E-state index is 0.659. The van der Waals surface area contributed by atoms with Crippen LogP contribution in [0.15, 0.2) is 24.5 Å². The molecule has 0 aromatic rings. The fourth-order valence-electron chi connectivity index (χ4n) is 1.11. The first-order chi connectivity index (χ1) is 4.93. The molecule has 0 saturated carbocycles. The summed E-state index contributed by atoms with van der Waals surface area (Å²) in [7, 11) is 0. The minimum Gasteiger partial charge on any atom is -0.494 e. The van der Waals surface area contributed by atoms with Crippen LogP contribution in [0.25, 0.3) is 0 Å². The van der Waals surface area contributed by atoms with Crippen molar-refractivity contribution in [2.45, 2.75) is 25.7 Å². The standard InChI is InChI=1S/C9H14O/c1-2-8-10-9-6-4-3-5-7-9/h2,6H,1,3-5,7-8H2. The average molecular weight is 138 g/mol. The van der Waals surface area contributed by atoms with Gasteiger partial charge in [0, 0.05) is 6.42 Å². The van der Waals surface area contributed by atoms with Crippen molar-refractivity contribution in [3.63, 3.8) is 0 Å². The molecule has 0 aromatic heterocycles. The molecule has 1 aliphatic rings. The molecule has 0 radical (unpaired) electrons. The van der Waals surface area contributed by atoms with Crippen molar-refractivity contribution in [3.05, 3.63) is 24.5 Å². The molecule has 1 heteroatoms. The van der Waals surface area contributed by atoms with E-state index in [-0.39, 0.29) is 0 Å². The summed E-state index contributed by atoms with van der Waals surface area (Å²) >= 11 is 0. The van der Waals surface area contributed by atoms with Crippen LogP contribution in [0, 0.1) is 0 Å². The second kappa shape index (κ2) is 4.15. The highest BCUT2D eigenvalue weighted by Gasteiger charge is 2.02. The lowest BCUT2D eigenvalue weighted by molar-refractivity contribution is 0.227. The molecule has 0 unspecified atom stereocenters. The van der Waals surface area contributed by atoms with Crippen molar-refractivity contribution in [2.75, 3.05) is 6.61 Å². The maximum absolute atomic E-state index is 5.38. The third-order valence-electron chi connectivity index (χ3n) is 1.64. The van der Waals surface area contributed by atoms with E-state index in [2.05, 4.69) is 12.7 Å². The van der Waals surface area contributed by atoms with Crippen LogP contribution in [-0.2, 0) is 4.74 Å². The van der Waals surface area contributed by atoms with Crippen molar-refractivity contribution in [1.29, 1.82) is 0 Å². The van der Waals surface area contributed by atoms with Gasteiger partial charge in [0.05, 0.1) is 5.76 Å². The van der Waals surface area contributed by atoms with Gasteiger partial charge in [-0.15, -0.1) is 0 Å². The van der Waals surface area contributed by atoms with Crippen molar-refractivity contribution < 1.29 is 4.74 Å². The molecule has 56 valence electrons. The average Bonchev–Trinajstić information content (AvgIpc) is 2.03. The fraction of sp³-hybridized carbons (Fsp3) is 0.556. The second-order valence-electron chi connectivity index (χ2n) is 2.52. The fourth-order valence-corrected chi connectivity index (χ4v) is 1.11. The van der Waals surface area contributed by atoms with Crippen LogP contribution in [0.4, 0.5) is 0 Å². The van der Waals surface area contributed by atoms with Gasteiger partial charge in [-0.05, 0) is 25.3 Å². The predicted molar refractivity (Wildman–Crippen MR) is 42.7 cm³/mol. The van der Waals surface area contributed by atoms with Gasteiger partial charge in [-0.25, -0.2) is 0 Å². The van der Waals surface area contributed by atoms with Gasteiger partial charge >= 0.3 is 0 Å². The molecule has 0 saturated heterocycles. The number of ether oxygens (including phenoxy) is 1. The first-order valence-corrected chi connectivity index (χ1v) is 3.86. The Hall–Kier alpha value is -0.720. The monoisotopic (exact) mass is 138 g/mol. The van der Waals surface area contributed by atoms with E-state index in [0.29, 0.717) is 6.61 Å². The van der Waals surface area contributed by atoms with Crippen LogP contribution in [0.3, 0.4) is 0 Å². The summed E-state index contributed by atoms with van der Waals surface area (Å²) in [4.78, 5) is 0. The number of hydrogen-bond acceptors (Lipinski definition) is 1. The molecule has 0 bridgehead atoms. The number of allylic oxidation sites excluding steroid dienone is 2. The van der Waals surface area contributed by atoms with Gasteiger partial charge in [-0.2, -0.15) is 0 Å². The number of hydrogen-bond donors (Lipinski definition) is 0. The van der Waals surface area contributed by atoms with Gasteiger partial charge in [0.15, 0.2) is 0 Å². The van der Waals surface area contributed by atoms with Crippen LogP contribution >= 0.6 is 0 Å². The zero-order valence-corrected chi connectivity index (χ0v) is 6.31. The predicted octanol–water partition coefficient (Wildman–Crippen LogP) is 2.65. The van der Waals surface area contributed by atoms with E-state index in [9.17, 15) is 0 Å². The van der Waals surface area contributed by atoms with Gasteiger partial charge in [-0.3, -0.25) is 0 Å². The number of rotatable bonds is 3. The van der Waals surface area contributed by atoms with Gasteiger partial charge < -0.3 is 4.74 Å². The van der Waals surface area contributed by atoms with Crippen LogP contribution in [0.5, 0.6) is 0 Å². The first-order valence-electron chi connectivity index (χ1n) is 3.86. The maximum Gasteiger partial charge on any atom is 0.106 e. The Morgan fingerprint density at radius 3 is 3.10 bits per heavy atom. The van der Waals surface area contributed by atoms with Crippen LogP contribution in [0.2, 0.25) is 0 Å². The van der Waals surface area contributed by atoms with E-state index < -0.39 is 0 Å². The summed E-state index contributed by atoms with van der Waals surface area (Å²) in [5, 5.41) is 0. The minimum atomic E-state index is 0.659. The Kier molecular flexibility index (Phi) is 3.07. The lowest BCUT2D eigenvalue weighted by Gasteiger charge is -2.12. The molecule has 0 fully saturated rings. The quantitative estimate of drug-likeness (QED) is 0.545. The van der Waals surface area contributed by atoms with Crippen LogP contribution < -0.4 is 0 Å². The highest BCUT2D eigenvalue weighted by atomic mass is 16.5. The summed E-state index contributed by atoms with van der Waals surface area (Å²) in [5.41, 5.74) is 0. The Morgan fingerprint density at radius 1 is 1.60 bits per heavy atom. The topological polar surface area (TPSA) is 9.23 Å². The molecule has 0 amide bonds. The highest BCUT2D eigenvalue weighted by Crippen LogP contribution is 2.17. The third-order valence-corrected chi connectivity index (χ3v) is 1.64. The molecule has 10 heavy (non-hydrogen) atoms. The van der Waals surface area contributed by atoms with Crippen molar-refractivity contribution in [2.24, 2.45) is 0 Å². The Morgan fingerprint density at radius 2 is 2.50 bits per heavy atom. The summed E-state index contributed by atoms with van der Waals surface area (Å²) in [5.74, 6) is 1.16. The Labute approximate surface area is 62.4 Å². The smallest absolute Gasteiger partial charge is 0.106 e. The summed E-state index contributed by atoms with van der Waals surface area (Å²) < 4.78 is 5.38. The molecule has 0 atom stereocenters. The molecule has 0 aliphatic heterocycles. The highest BCUT2D eigenvalue weighted by molar-refractivity contribution is 4.97.